The van der Waals surface area contributed by atoms with Crippen LogP contribution in [-0.4, -0.2) is 23.4 Å². The predicted molar refractivity (Wildman–Crippen MR) is 90.4 cm³/mol. The molecule has 0 amide bonds. The Bertz CT molecular complexity index is 613. The molecule has 2 bridgehead atoms. The van der Waals surface area contributed by atoms with Crippen LogP contribution in [-0.2, 0) is 9.53 Å². The minimum Gasteiger partial charge on any atom is -0.376 e. The second-order valence-electron chi connectivity index (χ2n) is 9.23. The third-order valence-electron chi connectivity index (χ3n) is 8.79. The molecule has 4 fully saturated rings. The number of carbonyl (C=O) groups excluding carboxylic acids is 1. The zero-order valence-corrected chi connectivity index (χ0v) is 15.0. The Morgan fingerprint density at radius 2 is 2.13 bits per heavy atom. The van der Waals surface area contributed by atoms with E-state index in [0.717, 1.165) is 31.3 Å². The molecular formula is C20H27ClO2. The van der Waals surface area contributed by atoms with E-state index in [4.69, 9.17) is 16.3 Å². The molecule has 0 spiro atoms. The van der Waals surface area contributed by atoms with Crippen LogP contribution in [0, 0.1) is 28.6 Å². The van der Waals surface area contributed by atoms with Crippen molar-refractivity contribution >= 4 is 17.4 Å². The SMILES string of the molecule is CC1=CCC2C3C[C@H]4OCC5(CCC(=O)C[C@]45Cl)C3CCC12C. The highest BCUT2D eigenvalue weighted by Gasteiger charge is 2.72. The molecule has 3 heteroatoms. The lowest BCUT2D eigenvalue weighted by atomic mass is 9.44. The van der Waals surface area contributed by atoms with E-state index in [2.05, 4.69) is 19.9 Å². The molecule has 0 aromatic rings. The van der Waals surface area contributed by atoms with Crippen molar-refractivity contribution < 1.29 is 9.53 Å². The number of halogens is 1. The Balaban J connectivity index is 1.57. The number of hydrogen-bond donors (Lipinski definition) is 0. The maximum absolute atomic E-state index is 12.1. The molecule has 1 saturated heterocycles. The number of fused-ring (bicyclic) bond motifs is 3. The third-order valence-corrected chi connectivity index (χ3v) is 9.54. The Morgan fingerprint density at radius 3 is 2.96 bits per heavy atom. The number of rotatable bonds is 0. The third kappa shape index (κ3) is 1.59. The molecule has 3 saturated carbocycles. The maximum Gasteiger partial charge on any atom is 0.134 e. The van der Waals surface area contributed by atoms with Crippen LogP contribution in [0.5, 0.6) is 0 Å². The Labute approximate surface area is 144 Å². The Morgan fingerprint density at radius 1 is 1.30 bits per heavy atom. The first-order chi connectivity index (χ1) is 10.9. The first-order valence-electron chi connectivity index (χ1n) is 9.40. The number of alkyl halides is 1. The monoisotopic (exact) mass is 334 g/mol. The van der Waals surface area contributed by atoms with Gasteiger partial charge in [0.2, 0.25) is 0 Å². The molecule has 5 aliphatic rings. The zero-order chi connectivity index (χ0) is 16.0. The number of ether oxygens (including phenoxy) is 1. The number of hydrogen-bond acceptors (Lipinski definition) is 2. The minimum absolute atomic E-state index is 0.0634. The summed E-state index contributed by atoms with van der Waals surface area (Å²) in [5, 5.41) is 0. The highest BCUT2D eigenvalue weighted by molar-refractivity contribution is 6.27. The van der Waals surface area contributed by atoms with Crippen LogP contribution in [0.3, 0.4) is 0 Å². The van der Waals surface area contributed by atoms with Crippen molar-refractivity contribution in [2.75, 3.05) is 6.61 Å². The fourth-order valence-electron chi connectivity index (χ4n) is 7.32. The maximum atomic E-state index is 12.1. The molecule has 0 aromatic carbocycles. The van der Waals surface area contributed by atoms with Gasteiger partial charge >= 0.3 is 0 Å². The molecule has 0 N–H and O–H groups in total. The number of ketones is 1. The fourth-order valence-corrected chi connectivity index (χ4v) is 7.91. The molecule has 1 heterocycles. The van der Waals surface area contributed by atoms with Crippen molar-refractivity contribution in [1.82, 2.24) is 0 Å². The predicted octanol–water partition coefficient (Wildman–Crippen LogP) is 4.50. The average Bonchev–Trinajstić information content (AvgIpc) is 2.88. The summed E-state index contributed by atoms with van der Waals surface area (Å²) < 4.78 is 6.26. The summed E-state index contributed by atoms with van der Waals surface area (Å²) in [4.78, 5) is 11.7. The van der Waals surface area contributed by atoms with Crippen molar-refractivity contribution in [3.8, 4) is 0 Å². The van der Waals surface area contributed by atoms with Crippen LogP contribution in [0.25, 0.3) is 0 Å². The quantitative estimate of drug-likeness (QED) is 0.481. The van der Waals surface area contributed by atoms with Crippen molar-refractivity contribution in [3.63, 3.8) is 0 Å². The summed E-state index contributed by atoms with van der Waals surface area (Å²) in [6.45, 7) is 5.61. The Hall–Kier alpha value is -0.340. The molecule has 5 unspecified atom stereocenters. The highest BCUT2D eigenvalue weighted by Crippen LogP contribution is 2.71. The summed E-state index contributed by atoms with van der Waals surface area (Å²) in [6.07, 6.45) is 9.66. The van der Waals surface area contributed by atoms with Gasteiger partial charge in [0.05, 0.1) is 17.6 Å². The van der Waals surface area contributed by atoms with Crippen molar-refractivity contribution in [2.45, 2.75) is 69.8 Å². The van der Waals surface area contributed by atoms with Crippen molar-refractivity contribution in [3.05, 3.63) is 11.6 Å². The molecule has 4 aliphatic carbocycles. The first kappa shape index (κ1) is 15.0. The summed E-state index contributed by atoms with van der Waals surface area (Å²) in [5.41, 5.74) is 2.07. The van der Waals surface area contributed by atoms with Crippen LogP contribution in [0.4, 0.5) is 0 Å². The lowest BCUT2D eigenvalue weighted by Gasteiger charge is -2.61. The minimum atomic E-state index is -0.404. The van der Waals surface area contributed by atoms with Gasteiger partial charge in [0, 0.05) is 18.3 Å². The van der Waals surface area contributed by atoms with Gasteiger partial charge in [-0.3, -0.25) is 4.79 Å². The van der Waals surface area contributed by atoms with Crippen molar-refractivity contribution in [1.29, 1.82) is 0 Å². The summed E-state index contributed by atoms with van der Waals surface area (Å²) >= 11 is 7.19. The van der Waals surface area contributed by atoms with Crippen LogP contribution in [0.1, 0.15) is 58.8 Å². The van der Waals surface area contributed by atoms with Crippen LogP contribution >= 0.6 is 11.6 Å². The topological polar surface area (TPSA) is 26.3 Å². The van der Waals surface area contributed by atoms with Crippen LogP contribution < -0.4 is 0 Å². The van der Waals surface area contributed by atoms with E-state index in [1.54, 1.807) is 5.57 Å². The second-order valence-corrected chi connectivity index (χ2v) is 9.90. The van der Waals surface area contributed by atoms with E-state index < -0.39 is 4.87 Å². The molecule has 23 heavy (non-hydrogen) atoms. The second kappa shape index (κ2) is 4.43. The summed E-state index contributed by atoms with van der Waals surface area (Å²) in [7, 11) is 0. The van der Waals surface area contributed by atoms with E-state index in [1.807, 2.05) is 0 Å². The molecule has 2 nitrogen and oxygen atoms in total. The van der Waals surface area contributed by atoms with Gasteiger partial charge < -0.3 is 4.74 Å². The van der Waals surface area contributed by atoms with Gasteiger partial charge in [-0.25, -0.2) is 0 Å². The van der Waals surface area contributed by atoms with Gasteiger partial charge in [0.15, 0.2) is 0 Å². The summed E-state index contributed by atoms with van der Waals surface area (Å²) in [5.74, 6) is 2.50. The highest BCUT2D eigenvalue weighted by atomic mass is 35.5. The van der Waals surface area contributed by atoms with Gasteiger partial charge in [-0.15, -0.1) is 11.6 Å². The first-order valence-corrected chi connectivity index (χ1v) is 9.78. The molecule has 126 valence electrons. The lowest BCUT2D eigenvalue weighted by Crippen LogP contribution is -2.63. The summed E-state index contributed by atoms with van der Waals surface area (Å²) in [6, 6.07) is 0. The van der Waals surface area contributed by atoms with Gasteiger partial charge in [0.1, 0.15) is 5.78 Å². The Kier molecular flexibility index (Phi) is 2.88. The number of carbonyl (C=O) groups is 1. The largest absolute Gasteiger partial charge is 0.376 e. The van der Waals surface area contributed by atoms with E-state index in [-0.39, 0.29) is 11.5 Å². The van der Waals surface area contributed by atoms with Crippen molar-refractivity contribution in [2.24, 2.45) is 28.6 Å². The number of allylic oxidation sites excluding steroid dienone is 2. The van der Waals surface area contributed by atoms with E-state index in [1.165, 1.54) is 19.3 Å². The van der Waals surface area contributed by atoms with Gasteiger partial charge in [-0.1, -0.05) is 18.6 Å². The molecule has 5 rings (SSSR count). The van der Waals surface area contributed by atoms with Crippen LogP contribution in [0.2, 0.25) is 0 Å². The zero-order valence-electron chi connectivity index (χ0n) is 14.2. The standard InChI is InChI=1S/C20H27ClO2/c1-12-3-4-15-14-9-17-20(21)10-13(22)5-8-19(20,11-23-17)16(14)6-7-18(12,15)2/h3,14-17H,4-11H2,1-2H3/t14?,15?,16?,17-,18?,19?,20+/m1/s1. The molecule has 0 radical (unpaired) electrons. The van der Waals surface area contributed by atoms with Gasteiger partial charge in [-0.2, -0.15) is 0 Å². The average molecular weight is 335 g/mol. The molecule has 0 aromatic heterocycles. The van der Waals surface area contributed by atoms with E-state index in [9.17, 15) is 4.79 Å². The van der Waals surface area contributed by atoms with Crippen LogP contribution in [0.15, 0.2) is 11.6 Å². The fraction of sp³-hybridized carbons (Fsp3) is 0.850. The normalized spacial score (nSPS) is 57.5. The molecule has 7 atom stereocenters. The lowest BCUT2D eigenvalue weighted by molar-refractivity contribution is -0.131. The molecular weight excluding hydrogens is 308 g/mol. The number of Topliss-reactive ketones (excluding diaryl/α,β-unsaturated/α-hetero) is 1. The smallest absolute Gasteiger partial charge is 0.134 e. The van der Waals surface area contributed by atoms with Gasteiger partial charge in [0.25, 0.3) is 0 Å². The van der Waals surface area contributed by atoms with E-state index in [0.29, 0.717) is 30.0 Å². The molecule has 1 aliphatic heterocycles. The van der Waals surface area contributed by atoms with E-state index >= 15 is 0 Å². The van der Waals surface area contributed by atoms with Gasteiger partial charge in [-0.05, 0) is 62.2 Å².